The Bertz CT molecular complexity index is 819. The van der Waals surface area contributed by atoms with E-state index in [2.05, 4.69) is 5.32 Å². The molecule has 1 aliphatic rings. The van der Waals surface area contributed by atoms with Gasteiger partial charge in [-0.3, -0.25) is 9.59 Å². The molecule has 3 rings (SSSR count). The quantitative estimate of drug-likeness (QED) is 0.811. The van der Waals surface area contributed by atoms with Crippen molar-refractivity contribution in [1.82, 2.24) is 5.32 Å². The maximum atomic E-state index is 12.9. The number of rotatable bonds is 6. The summed E-state index contributed by atoms with van der Waals surface area (Å²) < 4.78 is 16.4. The number of hydrogen-bond donors (Lipinski definition) is 2. The smallest absolute Gasteiger partial charge is 0.308 e. The number of carboxylic acids is 1. The van der Waals surface area contributed by atoms with Gasteiger partial charge in [0.25, 0.3) is 5.91 Å². The molecule has 2 unspecified atom stereocenters. The lowest BCUT2D eigenvalue weighted by Gasteiger charge is -2.24. The molecular weight excluding hydrogens is 350 g/mol. The van der Waals surface area contributed by atoms with Crippen LogP contribution >= 0.6 is 0 Å². The van der Waals surface area contributed by atoms with Crippen molar-refractivity contribution in [3.05, 3.63) is 53.6 Å². The molecule has 2 aromatic carbocycles. The van der Waals surface area contributed by atoms with Crippen molar-refractivity contribution in [1.29, 1.82) is 0 Å². The minimum absolute atomic E-state index is 0.301. The van der Waals surface area contributed by atoms with E-state index in [0.29, 0.717) is 41.6 Å². The number of benzene rings is 2. The summed E-state index contributed by atoms with van der Waals surface area (Å²) in [5.74, 6) is -0.960. The fraction of sp³-hybridized carbons (Fsp3) is 0.300. The van der Waals surface area contributed by atoms with E-state index in [-0.39, 0.29) is 0 Å². The molecule has 2 N–H and O–H groups in total. The first-order valence-electron chi connectivity index (χ1n) is 8.57. The first-order chi connectivity index (χ1) is 13.0. The van der Waals surface area contributed by atoms with Crippen LogP contribution in [0.2, 0.25) is 0 Å². The highest BCUT2D eigenvalue weighted by Crippen LogP contribution is 2.40. The number of methoxy groups -OCH3 is 1. The highest BCUT2D eigenvalue weighted by Gasteiger charge is 2.28. The van der Waals surface area contributed by atoms with Crippen molar-refractivity contribution in [2.24, 2.45) is 5.92 Å². The highest BCUT2D eigenvalue weighted by atomic mass is 16.6. The van der Waals surface area contributed by atoms with Crippen LogP contribution in [0.4, 0.5) is 0 Å². The second-order valence-electron chi connectivity index (χ2n) is 6.19. The molecule has 142 valence electrons. The van der Waals surface area contributed by atoms with Gasteiger partial charge < -0.3 is 24.6 Å². The fourth-order valence-corrected chi connectivity index (χ4v) is 2.93. The third-order valence-corrected chi connectivity index (χ3v) is 4.42. The number of carbonyl (C=O) groups excluding carboxylic acids is 1. The Morgan fingerprint density at radius 3 is 2.52 bits per heavy atom. The molecule has 0 saturated heterocycles. The number of aliphatic carboxylic acids is 1. The normalized spacial score (nSPS) is 14.7. The molecule has 2 aromatic rings. The Hall–Kier alpha value is -3.22. The summed E-state index contributed by atoms with van der Waals surface area (Å²) in [6.45, 7) is 2.34. The van der Waals surface area contributed by atoms with E-state index in [9.17, 15) is 14.7 Å². The van der Waals surface area contributed by atoms with Gasteiger partial charge in [-0.15, -0.1) is 0 Å². The van der Waals surface area contributed by atoms with Crippen LogP contribution in [0, 0.1) is 5.92 Å². The number of carbonyl (C=O) groups is 2. The monoisotopic (exact) mass is 371 g/mol. The molecule has 7 nitrogen and oxygen atoms in total. The van der Waals surface area contributed by atoms with Crippen LogP contribution in [0.15, 0.2) is 42.5 Å². The molecular formula is C20H21NO6. The van der Waals surface area contributed by atoms with Crippen LogP contribution in [0.1, 0.15) is 28.9 Å². The van der Waals surface area contributed by atoms with E-state index in [1.165, 1.54) is 7.11 Å². The molecule has 0 aromatic heterocycles. The van der Waals surface area contributed by atoms with E-state index >= 15 is 0 Å². The Morgan fingerprint density at radius 1 is 1.15 bits per heavy atom. The van der Waals surface area contributed by atoms with Gasteiger partial charge in [-0.2, -0.15) is 0 Å². The number of nitrogens with one attached hydrogen (secondary N) is 1. The molecule has 0 spiro atoms. The summed E-state index contributed by atoms with van der Waals surface area (Å²) in [7, 11) is 1.48. The highest BCUT2D eigenvalue weighted by molar-refractivity contribution is 5.96. The van der Waals surface area contributed by atoms with Crippen molar-refractivity contribution in [2.75, 3.05) is 20.3 Å². The van der Waals surface area contributed by atoms with E-state index in [1.807, 2.05) is 6.07 Å². The Labute approximate surface area is 156 Å². The Morgan fingerprint density at radius 2 is 1.85 bits per heavy atom. The third-order valence-electron chi connectivity index (χ3n) is 4.42. The Balaban J connectivity index is 1.91. The summed E-state index contributed by atoms with van der Waals surface area (Å²) in [6, 6.07) is 11.4. The van der Waals surface area contributed by atoms with Gasteiger partial charge in [0.05, 0.1) is 19.1 Å². The van der Waals surface area contributed by atoms with Gasteiger partial charge >= 0.3 is 5.97 Å². The number of hydrogen-bond acceptors (Lipinski definition) is 5. The maximum absolute atomic E-state index is 12.9. The predicted octanol–water partition coefficient (Wildman–Crippen LogP) is 2.66. The summed E-state index contributed by atoms with van der Waals surface area (Å²) >= 11 is 0. The van der Waals surface area contributed by atoms with E-state index in [0.717, 1.165) is 0 Å². The summed E-state index contributed by atoms with van der Waals surface area (Å²) in [6.07, 6.45) is 0. The molecule has 1 aliphatic heterocycles. The second-order valence-corrected chi connectivity index (χ2v) is 6.19. The molecule has 0 bridgehead atoms. The zero-order valence-electron chi connectivity index (χ0n) is 15.1. The van der Waals surface area contributed by atoms with Crippen molar-refractivity contribution >= 4 is 11.9 Å². The van der Waals surface area contributed by atoms with Gasteiger partial charge in [-0.1, -0.05) is 30.3 Å². The minimum atomic E-state index is -0.996. The fourth-order valence-electron chi connectivity index (χ4n) is 2.93. The summed E-state index contributed by atoms with van der Waals surface area (Å²) in [5, 5.41) is 12.2. The van der Waals surface area contributed by atoms with Gasteiger partial charge in [-0.05, 0) is 24.6 Å². The zero-order chi connectivity index (χ0) is 19.4. The Kier molecular flexibility index (Phi) is 5.49. The summed E-state index contributed by atoms with van der Waals surface area (Å²) in [4.78, 5) is 24.4. The number of amides is 1. The van der Waals surface area contributed by atoms with Gasteiger partial charge in [0.2, 0.25) is 5.75 Å². The molecule has 0 aliphatic carbocycles. The van der Waals surface area contributed by atoms with E-state index < -0.39 is 23.8 Å². The van der Waals surface area contributed by atoms with Crippen LogP contribution in [-0.2, 0) is 4.79 Å². The molecule has 2 atom stereocenters. The first kappa shape index (κ1) is 18.6. The van der Waals surface area contributed by atoms with E-state index in [4.69, 9.17) is 14.2 Å². The largest absolute Gasteiger partial charge is 0.493 e. The molecule has 1 amide bonds. The predicted molar refractivity (Wildman–Crippen MR) is 97.4 cm³/mol. The maximum Gasteiger partial charge on any atom is 0.308 e. The SMILES string of the molecule is COc1cc(C(=O)NC(c2ccccc2)C(C)C(=O)O)cc2c1OCCO2. The number of ether oxygens (including phenoxy) is 3. The molecule has 0 saturated carbocycles. The second kappa shape index (κ2) is 7.99. The van der Waals surface area contributed by atoms with Gasteiger partial charge in [-0.25, -0.2) is 0 Å². The van der Waals surface area contributed by atoms with Gasteiger partial charge in [0, 0.05) is 5.56 Å². The summed E-state index contributed by atoms with van der Waals surface area (Å²) in [5.41, 5.74) is 1.01. The average molecular weight is 371 g/mol. The number of fused-ring (bicyclic) bond motifs is 1. The van der Waals surface area contributed by atoms with E-state index in [1.54, 1.807) is 43.3 Å². The van der Waals surface area contributed by atoms with Crippen molar-refractivity contribution in [3.8, 4) is 17.2 Å². The van der Waals surface area contributed by atoms with Crippen molar-refractivity contribution in [2.45, 2.75) is 13.0 Å². The molecule has 1 heterocycles. The van der Waals surface area contributed by atoms with Crippen molar-refractivity contribution in [3.63, 3.8) is 0 Å². The van der Waals surface area contributed by atoms with Crippen LogP contribution in [0.5, 0.6) is 17.2 Å². The van der Waals surface area contributed by atoms with Crippen LogP contribution in [0.3, 0.4) is 0 Å². The minimum Gasteiger partial charge on any atom is -0.493 e. The molecule has 0 radical (unpaired) electrons. The van der Waals surface area contributed by atoms with Gasteiger partial charge in [0.1, 0.15) is 13.2 Å². The molecule has 0 fully saturated rings. The number of carboxylic acid groups (broad SMARTS) is 1. The van der Waals surface area contributed by atoms with Crippen LogP contribution < -0.4 is 19.5 Å². The lowest BCUT2D eigenvalue weighted by atomic mass is 9.94. The van der Waals surface area contributed by atoms with Crippen molar-refractivity contribution < 1.29 is 28.9 Å². The first-order valence-corrected chi connectivity index (χ1v) is 8.57. The molecule has 27 heavy (non-hydrogen) atoms. The van der Waals surface area contributed by atoms with Gasteiger partial charge in [0.15, 0.2) is 11.5 Å². The molecule has 7 heteroatoms. The standard InChI is InChI=1S/C20H21NO6/c1-12(20(23)24)17(13-6-4-3-5-7-13)21-19(22)14-10-15(25-2)18-16(11-14)26-8-9-27-18/h3-7,10-12,17H,8-9H2,1-2H3,(H,21,22)(H,23,24). The lowest BCUT2D eigenvalue weighted by molar-refractivity contribution is -0.142. The zero-order valence-corrected chi connectivity index (χ0v) is 15.1. The average Bonchev–Trinajstić information content (AvgIpc) is 2.71. The van der Waals surface area contributed by atoms with Crippen LogP contribution in [0.25, 0.3) is 0 Å². The lowest BCUT2D eigenvalue weighted by Crippen LogP contribution is -2.35. The van der Waals surface area contributed by atoms with Crippen LogP contribution in [-0.4, -0.2) is 37.3 Å². The third kappa shape index (κ3) is 3.97. The topological polar surface area (TPSA) is 94.1 Å².